The fourth-order valence-electron chi connectivity index (χ4n) is 3.20. The van der Waals surface area contributed by atoms with Crippen molar-refractivity contribution >= 4 is 5.69 Å². The quantitative estimate of drug-likeness (QED) is 0.896. The minimum Gasteiger partial charge on any atom is -0.497 e. The molecule has 20 heavy (non-hydrogen) atoms. The van der Waals surface area contributed by atoms with Crippen LogP contribution < -0.4 is 10.1 Å². The van der Waals surface area contributed by atoms with Gasteiger partial charge in [0.05, 0.1) is 13.2 Å². The summed E-state index contributed by atoms with van der Waals surface area (Å²) in [5, 5.41) is 13.2. The Hall–Kier alpha value is -1.69. The maximum absolute atomic E-state index is 9.71. The Morgan fingerprint density at radius 1 is 1.25 bits per heavy atom. The van der Waals surface area contributed by atoms with Crippen molar-refractivity contribution < 1.29 is 4.74 Å². The maximum atomic E-state index is 9.71. The van der Waals surface area contributed by atoms with Crippen molar-refractivity contribution in [3.8, 4) is 11.8 Å². The normalized spacial score (nSPS) is 28.4. The molecule has 108 valence electrons. The summed E-state index contributed by atoms with van der Waals surface area (Å²) in [4.78, 5) is 0. The molecular formula is C17H24N2O. The molecular weight excluding hydrogens is 248 g/mol. The second kappa shape index (κ2) is 5.36. The van der Waals surface area contributed by atoms with E-state index in [2.05, 4.69) is 32.2 Å². The summed E-state index contributed by atoms with van der Waals surface area (Å²) < 4.78 is 5.17. The van der Waals surface area contributed by atoms with Gasteiger partial charge in [-0.15, -0.1) is 0 Å². The van der Waals surface area contributed by atoms with Crippen LogP contribution in [0.3, 0.4) is 0 Å². The molecule has 1 saturated carbocycles. The standard InChI is InChI=1S/C17H24N2O/c1-13-11-16(2,3)9-10-17(13,12-18)19-14-5-7-15(20-4)8-6-14/h5-8,13,19H,9-11H2,1-4H3. The van der Waals surface area contributed by atoms with Crippen LogP contribution in [0.4, 0.5) is 5.69 Å². The van der Waals surface area contributed by atoms with Crippen LogP contribution in [-0.2, 0) is 0 Å². The van der Waals surface area contributed by atoms with Crippen LogP contribution >= 0.6 is 0 Å². The topological polar surface area (TPSA) is 45.0 Å². The molecule has 0 heterocycles. The summed E-state index contributed by atoms with van der Waals surface area (Å²) in [5.74, 6) is 1.16. The minimum absolute atomic E-state index is 0.332. The van der Waals surface area contributed by atoms with E-state index in [-0.39, 0.29) is 0 Å². The predicted octanol–water partition coefficient (Wildman–Crippen LogP) is 4.22. The third-order valence-corrected chi connectivity index (χ3v) is 4.55. The van der Waals surface area contributed by atoms with Crippen LogP contribution in [0.25, 0.3) is 0 Å². The van der Waals surface area contributed by atoms with Crippen molar-refractivity contribution in [1.29, 1.82) is 5.26 Å². The number of nitrogens with one attached hydrogen (secondary N) is 1. The monoisotopic (exact) mass is 272 g/mol. The Balaban J connectivity index is 2.18. The van der Waals surface area contributed by atoms with E-state index in [1.165, 1.54) is 0 Å². The number of nitrogens with zero attached hydrogens (tertiary/aromatic N) is 1. The van der Waals surface area contributed by atoms with E-state index in [0.717, 1.165) is 30.7 Å². The lowest BCUT2D eigenvalue weighted by Crippen LogP contribution is -2.48. The van der Waals surface area contributed by atoms with Crippen LogP contribution in [0.1, 0.15) is 40.0 Å². The van der Waals surface area contributed by atoms with Crippen LogP contribution in [0.5, 0.6) is 5.75 Å². The summed E-state index contributed by atoms with van der Waals surface area (Å²) in [6.07, 6.45) is 3.04. The molecule has 0 bridgehead atoms. The van der Waals surface area contributed by atoms with E-state index in [0.29, 0.717) is 11.3 Å². The van der Waals surface area contributed by atoms with Crippen molar-refractivity contribution in [2.24, 2.45) is 11.3 Å². The average Bonchev–Trinajstić information content (AvgIpc) is 2.42. The van der Waals surface area contributed by atoms with E-state index in [9.17, 15) is 5.26 Å². The first kappa shape index (κ1) is 14.7. The van der Waals surface area contributed by atoms with Gasteiger partial charge in [0.25, 0.3) is 0 Å². The van der Waals surface area contributed by atoms with E-state index in [1.807, 2.05) is 24.3 Å². The summed E-state index contributed by atoms with van der Waals surface area (Å²) >= 11 is 0. The molecule has 1 aromatic carbocycles. The van der Waals surface area contributed by atoms with E-state index >= 15 is 0 Å². The lowest BCUT2D eigenvalue weighted by atomic mass is 9.64. The Labute approximate surface area is 121 Å². The summed E-state index contributed by atoms with van der Waals surface area (Å²) in [6, 6.07) is 10.3. The Bertz CT molecular complexity index is 501. The lowest BCUT2D eigenvalue weighted by Gasteiger charge is -2.45. The van der Waals surface area contributed by atoms with Gasteiger partial charge < -0.3 is 10.1 Å². The number of methoxy groups -OCH3 is 1. The van der Waals surface area contributed by atoms with E-state index in [4.69, 9.17) is 4.74 Å². The van der Waals surface area contributed by atoms with Crippen LogP contribution in [0.2, 0.25) is 0 Å². The van der Waals surface area contributed by atoms with Crippen molar-refractivity contribution in [2.45, 2.75) is 45.6 Å². The molecule has 0 amide bonds. The van der Waals surface area contributed by atoms with Crippen molar-refractivity contribution in [1.82, 2.24) is 0 Å². The molecule has 0 saturated heterocycles. The average molecular weight is 272 g/mol. The molecule has 1 aliphatic rings. The SMILES string of the molecule is COc1ccc(NC2(C#N)CCC(C)(C)CC2C)cc1. The maximum Gasteiger partial charge on any atom is 0.128 e. The third kappa shape index (κ3) is 2.90. The second-order valence-electron chi connectivity index (χ2n) is 6.71. The van der Waals surface area contributed by atoms with Gasteiger partial charge in [-0.25, -0.2) is 0 Å². The molecule has 2 unspecified atom stereocenters. The molecule has 0 spiro atoms. The number of anilines is 1. The van der Waals surface area contributed by atoms with Crippen molar-refractivity contribution in [3.63, 3.8) is 0 Å². The highest BCUT2D eigenvalue weighted by Gasteiger charge is 2.44. The second-order valence-corrected chi connectivity index (χ2v) is 6.71. The van der Waals surface area contributed by atoms with Crippen LogP contribution in [0, 0.1) is 22.7 Å². The lowest BCUT2D eigenvalue weighted by molar-refractivity contribution is 0.146. The molecule has 0 radical (unpaired) electrons. The number of hydrogen-bond acceptors (Lipinski definition) is 3. The number of nitriles is 1. The molecule has 0 aliphatic heterocycles. The highest BCUT2D eigenvalue weighted by atomic mass is 16.5. The van der Waals surface area contributed by atoms with Gasteiger partial charge in [-0.3, -0.25) is 0 Å². The van der Waals surface area contributed by atoms with Gasteiger partial charge in [0.1, 0.15) is 11.3 Å². The first-order valence-corrected chi connectivity index (χ1v) is 7.24. The van der Waals surface area contributed by atoms with Gasteiger partial charge in [-0.05, 0) is 54.9 Å². The Morgan fingerprint density at radius 3 is 2.40 bits per heavy atom. The van der Waals surface area contributed by atoms with Crippen molar-refractivity contribution in [3.05, 3.63) is 24.3 Å². The fraction of sp³-hybridized carbons (Fsp3) is 0.588. The number of benzene rings is 1. The summed E-state index contributed by atoms with van der Waals surface area (Å²) in [5.41, 5.74) is 0.866. The van der Waals surface area contributed by atoms with E-state index < -0.39 is 5.54 Å². The third-order valence-electron chi connectivity index (χ3n) is 4.55. The molecule has 3 heteroatoms. The smallest absolute Gasteiger partial charge is 0.128 e. The van der Waals surface area contributed by atoms with Gasteiger partial charge in [-0.2, -0.15) is 5.26 Å². The molecule has 1 aromatic rings. The van der Waals surface area contributed by atoms with Gasteiger partial charge >= 0.3 is 0 Å². The van der Waals surface area contributed by atoms with Gasteiger partial charge in [0.15, 0.2) is 0 Å². The molecule has 1 fully saturated rings. The van der Waals surface area contributed by atoms with E-state index in [1.54, 1.807) is 7.11 Å². The van der Waals surface area contributed by atoms with Crippen molar-refractivity contribution in [2.75, 3.05) is 12.4 Å². The van der Waals surface area contributed by atoms with Gasteiger partial charge in [0.2, 0.25) is 0 Å². The highest BCUT2D eigenvalue weighted by Crippen LogP contribution is 2.45. The molecule has 3 nitrogen and oxygen atoms in total. The number of ether oxygens (including phenoxy) is 1. The fourth-order valence-corrected chi connectivity index (χ4v) is 3.20. The highest BCUT2D eigenvalue weighted by molar-refractivity contribution is 5.50. The number of hydrogen-bond donors (Lipinski definition) is 1. The zero-order valence-corrected chi connectivity index (χ0v) is 12.9. The molecule has 0 aromatic heterocycles. The molecule has 1 aliphatic carbocycles. The molecule has 2 atom stereocenters. The molecule has 1 N–H and O–H groups in total. The zero-order chi connectivity index (χ0) is 14.8. The van der Waals surface area contributed by atoms with Gasteiger partial charge in [0, 0.05) is 5.69 Å². The molecule has 2 rings (SSSR count). The number of rotatable bonds is 3. The van der Waals surface area contributed by atoms with Crippen LogP contribution in [0.15, 0.2) is 24.3 Å². The summed E-state index contributed by atoms with van der Waals surface area (Å²) in [7, 11) is 1.66. The predicted molar refractivity (Wildman–Crippen MR) is 81.8 cm³/mol. The minimum atomic E-state index is -0.454. The largest absolute Gasteiger partial charge is 0.497 e. The Kier molecular flexibility index (Phi) is 3.94. The van der Waals surface area contributed by atoms with Crippen LogP contribution in [-0.4, -0.2) is 12.6 Å². The first-order chi connectivity index (χ1) is 9.41. The zero-order valence-electron chi connectivity index (χ0n) is 12.9. The first-order valence-electron chi connectivity index (χ1n) is 7.24. The van der Waals surface area contributed by atoms with Gasteiger partial charge in [-0.1, -0.05) is 20.8 Å². The Morgan fingerprint density at radius 2 is 1.90 bits per heavy atom. The summed E-state index contributed by atoms with van der Waals surface area (Å²) in [6.45, 7) is 6.76.